The molecule has 0 bridgehead atoms. The number of amides is 1. The van der Waals surface area contributed by atoms with Gasteiger partial charge in [-0.25, -0.2) is 4.79 Å². The van der Waals surface area contributed by atoms with Crippen LogP contribution in [0.25, 0.3) is 22.2 Å². The molecule has 3 aliphatic rings. The van der Waals surface area contributed by atoms with Crippen molar-refractivity contribution in [3.05, 3.63) is 141 Å². The van der Waals surface area contributed by atoms with E-state index in [1.807, 2.05) is 64.1 Å². The molecule has 8 rings (SSSR count). The van der Waals surface area contributed by atoms with Crippen LogP contribution in [0.3, 0.4) is 0 Å². The van der Waals surface area contributed by atoms with Crippen LogP contribution < -0.4 is 5.69 Å². The quantitative estimate of drug-likeness (QED) is 0.220. The molecule has 0 unspecified atom stereocenters. The zero-order valence-corrected chi connectivity index (χ0v) is 26.1. The molecule has 8 nitrogen and oxygen atoms in total. The number of nitrogens with one attached hydrogen (secondary N) is 1. The van der Waals surface area contributed by atoms with Gasteiger partial charge in [-0.1, -0.05) is 78.9 Å². The van der Waals surface area contributed by atoms with E-state index in [0.717, 1.165) is 28.6 Å². The average Bonchev–Trinajstić information content (AvgIpc) is 3.67. The van der Waals surface area contributed by atoms with Crippen molar-refractivity contribution in [2.75, 3.05) is 13.1 Å². The Kier molecular flexibility index (Phi) is 7.75. The number of piperidine rings is 1. The Morgan fingerprint density at radius 2 is 1.64 bits per heavy atom. The minimum absolute atomic E-state index is 0.00808. The second-order valence-electron chi connectivity index (χ2n) is 12.8. The number of carbonyl (C=O) groups is 1. The fraction of sp³-hybridized carbons (Fsp3) is 0.282. The summed E-state index contributed by atoms with van der Waals surface area (Å²) >= 11 is 0. The van der Waals surface area contributed by atoms with Crippen LogP contribution >= 0.6 is 0 Å². The second kappa shape index (κ2) is 12.4. The Labute approximate surface area is 272 Å². The maximum Gasteiger partial charge on any atom is 0.326 e. The Balaban J connectivity index is 1.04. The van der Waals surface area contributed by atoms with Crippen molar-refractivity contribution in [3.8, 4) is 11.1 Å². The number of fused-ring (bicyclic) bond motifs is 4. The van der Waals surface area contributed by atoms with E-state index in [-0.39, 0.29) is 30.2 Å². The number of allylic oxidation sites excluding steroid dienone is 1. The lowest BCUT2D eigenvalue weighted by Gasteiger charge is -2.35. The number of benzene rings is 4. The van der Waals surface area contributed by atoms with Crippen LogP contribution in [0.2, 0.25) is 0 Å². The van der Waals surface area contributed by atoms with E-state index in [2.05, 4.69) is 47.4 Å². The van der Waals surface area contributed by atoms with Crippen molar-refractivity contribution >= 4 is 16.9 Å². The molecule has 1 saturated heterocycles. The van der Waals surface area contributed by atoms with Crippen LogP contribution in [0.1, 0.15) is 59.0 Å². The number of carbonyl (C=O) groups excluding carboxylic acids is 1. The Bertz CT molecular complexity index is 2030. The lowest BCUT2D eigenvalue weighted by atomic mass is 9.87. The highest BCUT2D eigenvalue weighted by molar-refractivity contribution is 5.92. The molecule has 4 aromatic carbocycles. The smallest absolute Gasteiger partial charge is 0.326 e. The number of likely N-dealkylation sites (tertiary alicyclic amines) is 1. The predicted molar refractivity (Wildman–Crippen MR) is 180 cm³/mol. The highest BCUT2D eigenvalue weighted by Crippen LogP contribution is 2.43. The first-order chi connectivity index (χ1) is 23.1. The normalized spacial score (nSPS) is 19.3. The molecule has 2 atom stereocenters. The van der Waals surface area contributed by atoms with Crippen molar-refractivity contribution < 1.29 is 19.4 Å². The van der Waals surface area contributed by atoms with Crippen molar-refractivity contribution in [1.29, 1.82) is 0 Å². The van der Waals surface area contributed by atoms with Gasteiger partial charge in [-0.15, -0.1) is 0 Å². The molecule has 238 valence electrons. The number of aromatic amines is 1. The third-order valence-electron chi connectivity index (χ3n) is 9.94. The molecule has 2 aliphatic heterocycles. The van der Waals surface area contributed by atoms with Crippen molar-refractivity contribution in [1.82, 2.24) is 14.5 Å². The number of imidazole rings is 1. The van der Waals surface area contributed by atoms with Crippen LogP contribution in [-0.2, 0) is 33.9 Å². The van der Waals surface area contributed by atoms with Gasteiger partial charge in [-0.2, -0.15) is 0 Å². The standard InChI is InChI=1S/C39H37N3O5/c43-23-25-12-14-26(15-13-25)24-46-37-22-28(31-8-5-9-32-30-7-2-1-6-27(30)20-33(31)32)21-36(47-37)38(44)41-18-16-29(17-19-41)42-35-11-4-3-10-34(35)40-39(42)45/h1-15,21,28-29,37,43H,16-20,22-24H2,(H,40,45)/t28-,37+/m1/s1. The van der Waals surface area contributed by atoms with E-state index in [9.17, 15) is 14.7 Å². The van der Waals surface area contributed by atoms with E-state index in [1.165, 1.54) is 27.8 Å². The third-order valence-corrected chi connectivity index (χ3v) is 9.94. The summed E-state index contributed by atoms with van der Waals surface area (Å²) in [6, 6.07) is 30.4. The van der Waals surface area contributed by atoms with Gasteiger partial charge in [0.25, 0.3) is 5.91 Å². The fourth-order valence-corrected chi connectivity index (χ4v) is 7.51. The summed E-state index contributed by atoms with van der Waals surface area (Å²) < 4.78 is 14.5. The van der Waals surface area contributed by atoms with Gasteiger partial charge in [0.2, 0.25) is 6.29 Å². The lowest BCUT2D eigenvalue weighted by molar-refractivity contribution is -0.156. The summed E-state index contributed by atoms with van der Waals surface area (Å²) in [5, 5.41) is 9.42. The summed E-state index contributed by atoms with van der Waals surface area (Å²) in [4.78, 5) is 31.7. The number of hydrogen-bond donors (Lipinski definition) is 2. The highest BCUT2D eigenvalue weighted by atomic mass is 16.7. The number of hydrogen-bond acceptors (Lipinski definition) is 5. The molecule has 3 heterocycles. The zero-order valence-electron chi connectivity index (χ0n) is 26.1. The highest BCUT2D eigenvalue weighted by Gasteiger charge is 2.35. The van der Waals surface area contributed by atoms with Crippen molar-refractivity contribution in [2.45, 2.75) is 57.1 Å². The van der Waals surface area contributed by atoms with Gasteiger partial charge >= 0.3 is 5.69 Å². The molecule has 47 heavy (non-hydrogen) atoms. The summed E-state index contributed by atoms with van der Waals surface area (Å²) in [7, 11) is 0. The Hall–Kier alpha value is -4.92. The molecule has 8 heteroatoms. The van der Waals surface area contributed by atoms with Crippen LogP contribution in [0.5, 0.6) is 0 Å². The van der Waals surface area contributed by atoms with Gasteiger partial charge in [0, 0.05) is 31.5 Å². The molecule has 5 aromatic rings. The minimum Gasteiger partial charge on any atom is -0.459 e. The van der Waals surface area contributed by atoms with Gasteiger partial charge in [-0.05, 0) is 76.4 Å². The second-order valence-corrected chi connectivity index (χ2v) is 12.8. The molecule has 1 aliphatic carbocycles. The molecular formula is C39H37N3O5. The number of rotatable bonds is 7. The van der Waals surface area contributed by atoms with Gasteiger partial charge in [0.1, 0.15) is 0 Å². The monoisotopic (exact) mass is 627 g/mol. The average molecular weight is 628 g/mol. The maximum absolute atomic E-state index is 14.1. The molecule has 0 saturated carbocycles. The summed E-state index contributed by atoms with van der Waals surface area (Å²) in [5.74, 6) is 0.116. The van der Waals surface area contributed by atoms with Crippen molar-refractivity contribution in [3.63, 3.8) is 0 Å². The number of para-hydroxylation sites is 2. The minimum atomic E-state index is -0.608. The van der Waals surface area contributed by atoms with E-state index in [0.29, 0.717) is 44.7 Å². The van der Waals surface area contributed by atoms with E-state index >= 15 is 0 Å². The summed E-state index contributed by atoms with van der Waals surface area (Å²) in [5.41, 5.74) is 9.76. The maximum atomic E-state index is 14.1. The first-order valence-corrected chi connectivity index (χ1v) is 16.4. The molecule has 1 fully saturated rings. The van der Waals surface area contributed by atoms with Crippen LogP contribution in [0, 0.1) is 0 Å². The van der Waals surface area contributed by atoms with E-state index in [4.69, 9.17) is 9.47 Å². The zero-order chi connectivity index (χ0) is 31.9. The van der Waals surface area contributed by atoms with Crippen LogP contribution in [0.4, 0.5) is 0 Å². The van der Waals surface area contributed by atoms with Crippen LogP contribution in [-0.4, -0.2) is 44.8 Å². The number of H-pyrrole nitrogens is 1. The number of aromatic nitrogens is 2. The Morgan fingerprint density at radius 1 is 0.894 bits per heavy atom. The van der Waals surface area contributed by atoms with Crippen LogP contribution in [0.15, 0.2) is 108 Å². The molecule has 0 spiro atoms. The Morgan fingerprint density at radius 3 is 2.47 bits per heavy atom. The van der Waals surface area contributed by atoms with Gasteiger partial charge in [0.05, 0.1) is 24.2 Å². The molecule has 2 N–H and O–H groups in total. The number of aliphatic hydroxyl groups excluding tert-OH is 1. The molecule has 1 aromatic heterocycles. The first-order valence-electron chi connectivity index (χ1n) is 16.4. The SMILES string of the molecule is O=C(C1=C[C@@H](c2cccc3c2Cc2ccccc2-3)C[C@@H](OCc2ccc(CO)cc2)O1)N1CCC(n2c(=O)[nH]c3ccccc32)CC1. The van der Waals surface area contributed by atoms with Crippen molar-refractivity contribution in [2.24, 2.45) is 0 Å². The summed E-state index contributed by atoms with van der Waals surface area (Å²) in [6.07, 6.45) is 4.19. The lowest BCUT2D eigenvalue weighted by Crippen LogP contribution is -2.42. The molecule has 0 radical (unpaired) electrons. The summed E-state index contributed by atoms with van der Waals surface area (Å²) in [6.45, 7) is 1.37. The number of nitrogens with zero attached hydrogens (tertiary/aromatic N) is 2. The topological polar surface area (TPSA) is 96.8 Å². The van der Waals surface area contributed by atoms with Gasteiger partial charge in [-0.3, -0.25) is 9.36 Å². The third kappa shape index (κ3) is 5.58. The number of aliphatic hydroxyl groups is 1. The largest absolute Gasteiger partial charge is 0.459 e. The van der Waals surface area contributed by atoms with E-state index in [1.54, 1.807) is 0 Å². The van der Waals surface area contributed by atoms with Gasteiger partial charge in [0.15, 0.2) is 5.76 Å². The van der Waals surface area contributed by atoms with E-state index < -0.39 is 6.29 Å². The molecule has 1 amide bonds. The first kappa shape index (κ1) is 29.5. The fourth-order valence-electron chi connectivity index (χ4n) is 7.51. The van der Waals surface area contributed by atoms with Gasteiger partial charge < -0.3 is 24.5 Å². The predicted octanol–water partition coefficient (Wildman–Crippen LogP) is 6.19. The number of ether oxygens (including phenoxy) is 2. The molecular weight excluding hydrogens is 590 g/mol.